The van der Waals surface area contributed by atoms with Gasteiger partial charge in [0.1, 0.15) is 22.1 Å². The van der Waals surface area contributed by atoms with Crippen molar-refractivity contribution in [1.29, 1.82) is 5.26 Å². The van der Waals surface area contributed by atoms with Crippen molar-refractivity contribution >= 4 is 10.0 Å². The highest BCUT2D eigenvalue weighted by atomic mass is 32.2. The summed E-state index contributed by atoms with van der Waals surface area (Å²) in [7, 11) is -4.29. The quantitative estimate of drug-likeness (QED) is 0.904. The second-order valence-electron chi connectivity index (χ2n) is 4.08. The molecular formula is C12H14F2N2O2S. The first-order chi connectivity index (χ1) is 8.80. The van der Waals surface area contributed by atoms with Crippen LogP contribution >= 0.6 is 0 Å². The summed E-state index contributed by atoms with van der Waals surface area (Å²) in [5, 5.41) is 9.07. The van der Waals surface area contributed by atoms with Crippen LogP contribution in [0.2, 0.25) is 0 Å². The number of halogens is 2. The summed E-state index contributed by atoms with van der Waals surface area (Å²) >= 11 is 0. The van der Waals surface area contributed by atoms with Crippen LogP contribution in [0.5, 0.6) is 0 Å². The maximum Gasteiger partial charge on any atom is 0.244 e. The van der Waals surface area contributed by atoms with E-state index in [1.165, 1.54) is 0 Å². The van der Waals surface area contributed by atoms with E-state index in [0.717, 1.165) is 12.1 Å². The molecule has 0 fully saturated rings. The second kappa shape index (κ2) is 5.63. The smallest absolute Gasteiger partial charge is 0.207 e. The Morgan fingerprint density at radius 1 is 1.32 bits per heavy atom. The van der Waals surface area contributed by atoms with Gasteiger partial charge in [0.05, 0.1) is 6.07 Å². The fraction of sp³-hybridized carbons (Fsp3) is 0.417. The predicted molar refractivity (Wildman–Crippen MR) is 65.6 cm³/mol. The number of nitrogens with one attached hydrogen (secondary N) is 1. The monoisotopic (exact) mass is 288 g/mol. The lowest BCUT2D eigenvalue weighted by Gasteiger charge is -2.24. The van der Waals surface area contributed by atoms with Crippen LogP contribution in [0.3, 0.4) is 0 Å². The molecule has 0 aromatic heterocycles. The molecule has 0 saturated heterocycles. The largest absolute Gasteiger partial charge is 0.244 e. The van der Waals surface area contributed by atoms with Gasteiger partial charge in [0, 0.05) is 0 Å². The van der Waals surface area contributed by atoms with Crippen molar-refractivity contribution in [3.05, 3.63) is 29.8 Å². The average Bonchev–Trinajstić information content (AvgIpc) is 2.39. The highest BCUT2D eigenvalue weighted by molar-refractivity contribution is 7.89. The Morgan fingerprint density at radius 2 is 1.89 bits per heavy atom. The molecule has 0 radical (unpaired) electrons. The van der Waals surface area contributed by atoms with E-state index >= 15 is 0 Å². The fourth-order valence-corrected chi connectivity index (χ4v) is 3.12. The Labute approximate surface area is 111 Å². The van der Waals surface area contributed by atoms with Gasteiger partial charge in [-0.25, -0.2) is 17.2 Å². The van der Waals surface area contributed by atoms with E-state index in [0.29, 0.717) is 6.07 Å². The molecule has 0 aliphatic carbocycles. The summed E-state index contributed by atoms with van der Waals surface area (Å²) in [5.74, 6) is -1.93. The third kappa shape index (κ3) is 3.28. The molecule has 7 heteroatoms. The van der Waals surface area contributed by atoms with Gasteiger partial charge in [0.15, 0.2) is 0 Å². The van der Waals surface area contributed by atoms with Gasteiger partial charge in [-0.2, -0.15) is 9.98 Å². The zero-order valence-electron chi connectivity index (χ0n) is 10.6. The van der Waals surface area contributed by atoms with E-state index in [2.05, 4.69) is 4.72 Å². The van der Waals surface area contributed by atoms with Crippen molar-refractivity contribution in [3.8, 4) is 6.07 Å². The molecule has 4 nitrogen and oxygen atoms in total. The molecule has 0 aliphatic heterocycles. The number of hydrogen-bond acceptors (Lipinski definition) is 3. The Morgan fingerprint density at radius 3 is 2.37 bits per heavy atom. The van der Waals surface area contributed by atoms with E-state index in [1.54, 1.807) is 13.8 Å². The maximum absolute atomic E-state index is 13.5. The van der Waals surface area contributed by atoms with Crippen LogP contribution in [0.1, 0.15) is 26.7 Å². The maximum atomic E-state index is 13.5. The van der Waals surface area contributed by atoms with E-state index in [9.17, 15) is 17.2 Å². The molecule has 0 saturated carbocycles. The number of nitrogens with zero attached hydrogens (tertiary/aromatic N) is 1. The summed E-state index contributed by atoms with van der Waals surface area (Å²) in [6.07, 6.45) is 0.437. The van der Waals surface area contributed by atoms with Gasteiger partial charge in [0.2, 0.25) is 10.0 Å². The molecule has 0 bridgehead atoms. The summed E-state index contributed by atoms with van der Waals surface area (Å²) in [6, 6.07) is 4.01. The summed E-state index contributed by atoms with van der Waals surface area (Å²) in [5.41, 5.74) is -1.32. The first-order valence-corrected chi connectivity index (χ1v) is 7.19. The SMILES string of the molecule is CCC(C#N)(CC)NS(=O)(=O)c1cc(F)ccc1F. The Kier molecular flexibility index (Phi) is 4.61. The average molecular weight is 288 g/mol. The molecule has 1 N–H and O–H groups in total. The number of sulfonamides is 1. The van der Waals surface area contributed by atoms with Crippen LogP contribution < -0.4 is 4.72 Å². The van der Waals surface area contributed by atoms with Gasteiger partial charge in [-0.3, -0.25) is 0 Å². The van der Waals surface area contributed by atoms with Gasteiger partial charge in [-0.1, -0.05) is 13.8 Å². The minimum Gasteiger partial charge on any atom is -0.207 e. The summed E-state index contributed by atoms with van der Waals surface area (Å²) in [4.78, 5) is -0.797. The minimum atomic E-state index is -4.29. The van der Waals surface area contributed by atoms with Gasteiger partial charge in [-0.05, 0) is 31.0 Å². The third-order valence-corrected chi connectivity index (χ3v) is 4.48. The van der Waals surface area contributed by atoms with Crippen LogP contribution in [-0.4, -0.2) is 14.0 Å². The molecule has 1 aromatic carbocycles. The number of nitriles is 1. The zero-order valence-corrected chi connectivity index (χ0v) is 11.4. The van der Waals surface area contributed by atoms with E-state index in [1.807, 2.05) is 6.07 Å². The van der Waals surface area contributed by atoms with Crippen molar-refractivity contribution in [2.24, 2.45) is 0 Å². The van der Waals surface area contributed by atoms with Crippen molar-refractivity contribution in [2.75, 3.05) is 0 Å². The van der Waals surface area contributed by atoms with Gasteiger partial charge >= 0.3 is 0 Å². The zero-order chi connectivity index (χ0) is 14.7. The molecule has 19 heavy (non-hydrogen) atoms. The molecule has 0 spiro atoms. The minimum absolute atomic E-state index is 0.218. The van der Waals surface area contributed by atoms with Crippen LogP contribution in [0, 0.1) is 23.0 Å². The Hall–Kier alpha value is -1.52. The molecule has 1 rings (SSSR count). The number of benzene rings is 1. The standard InChI is InChI=1S/C12H14F2N2O2S/c1-3-12(4-2,8-15)16-19(17,18)11-7-9(13)5-6-10(11)14/h5-7,16H,3-4H2,1-2H3. The summed E-state index contributed by atoms with van der Waals surface area (Å²) < 4.78 is 52.7. The highest BCUT2D eigenvalue weighted by Crippen LogP contribution is 2.21. The topological polar surface area (TPSA) is 70.0 Å². The third-order valence-electron chi connectivity index (χ3n) is 2.93. The van der Waals surface area contributed by atoms with Gasteiger partial charge < -0.3 is 0 Å². The Balaban J connectivity index is 3.26. The fourth-order valence-electron chi connectivity index (χ4n) is 1.57. The molecule has 0 aliphatic rings. The molecule has 0 unspecified atom stereocenters. The molecule has 0 heterocycles. The first-order valence-electron chi connectivity index (χ1n) is 5.70. The van der Waals surface area contributed by atoms with Crippen molar-refractivity contribution < 1.29 is 17.2 Å². The molecule has 0 atom stereocenters. The van der Waals surface area contributed by atoms with Crippen LogP contribution in [0.15, 0.2) is 23.1 Å². The molecular weight excluding hydrogens is 274 g/mol. The number of hydrogen-bond donors (Lipinski definition) is 1. The lowest BCUT2D eigenvalue weighted by atomic mass is 9.97. The van der Waals surface area contributed by atoms with Crippen molar-refractivity contribution in [1.82, 2.24) is 4.72 Å². The molecule has 0 amide bonds. The van der Waals surface area contributed by atoms with Crippen molar-refractivity contribution in [3.63, 3.8) is 0 Å². The normalized spacial score (nSPS) is 12.2. The van der Waals surface area contributed by atoms with Crippen molar-refractivity contribution in [2.45, 2.75) is 37.1 Å². The number of rotatable bonds is 5. The van der Waals surface area contributed by atoms with E-state index in [-0.39, 0.29) is 12.8 Å². The van der Waals surface area contributed by atoms with Crippen LogP contribution in [0.4, 0.5) is 8.78 Å². The summed E-state index contributed by atoms with van der Waals surface area (Å²) in [6.45, 7) is 3.27. The van der Waals surface area contributed by atoms with E-state index in [4.69, 9.17) is 5.26 Å². The molecule has 1 aromatic rings. The lowest BCUT2D eigenvalue weighted by Crippen LogP contribution is -2.46. The van der Waals surface area contributed by atoms with Gasteiger partial charge in [0.25, 0.3) is 0 Å². The molecule has 104 valence electrons. The van der Waals surface area contributed by atoms with Crippen LogP contribution in [0.25, 0.3) is 0 Å². The van der Waals surface area contributed by atoms with E-state index < -0.39 is 32.1 Å². The lowest BCUT2D eigenvalue weighted by molar-refractivity contribution is 0.443. The van der Waals surface area contributed by atoms with Crippen LogP contribution in [-0.2, 0) is 10.0 Å². The van der Waals surface area contributed by atoms with Gasteiger partial charge in [-0.15, -0.1) is 0 Å². The first kappa shape index (κ1) is 15.5. The second-order valence-corrected chi connectivity index (χ2v) is 5.73. The highest BCUT2D eigenvalue weighted by Gasteiger charge is 2.33. The Bertz CT molecular complexity index is 605. The predicted octanol–water partition coefficient (Wildman–Crippen LogP) is 2.33.